The summed E-state index contributed by atoms with van der Waals surface area (Å²) in [5.41, 5.74) is 3.59. The number of nitrogens with one attached hydrogen (secondary N) is 2. The fraction of sp³-hybridized carbons (Fsp3) is 0.273. The van der Waals surface area contributed by atoms with Crippen molar-refractivity contribution >= 4 is 27.7 Å². The van der Waals surface area contributed by atoms with Crippen LogP contribution in [0.2, 0.25) is 0 Å². The van der Waals surface area contributed by atoms with Crippen molar-refractivity contribution in [3.8, 4) is 5.75 Å². The highest BCUT2D eigenvalue weighted by Gasteiger charge is 2.26. The van der Waals surface area contributed by atoms with Crippen molar-refractivity contribution < 1.29 is 9.53 Å². The molecule has 0 atom stereocenters. The molecule has 4 aromatic rings. The molecule has 1 fully saturated rings. The third kappa shape index (κ3) is 3.01. The highest BCUT2D eigenvalue weighted by atomic mass is 16.5. The molecular weight excluding hydrogens is 352 g/mol. The highest BCUT2D eigenvalue weighted by molar-refractivity contribution is 6.08. The summed E-state index contributed by atoms with van der Waals surface area (Å²) < 4.78 is 6.07. The summed E-state index contributed by atoms with van der Waals surface area (Å²) in [6.07, 6.45) is 3.71. The standard InChI is InChI=1S/C22H22N4O2/c1-14-2-4-15(5-3-14)28-16-8-10-26(11-9-16)22(27)21-12-17-18-13-23-25-20(18)7-6-19(17)24-21/h2-7,12-13,16,23,25H,8-11H2,1H3. The predicted molar refractivity (Wildman–Crippen MR) is 109 cm³/mol. The van der Waals surface area contributed by atoms with E-state index in [1.54, 1.807) is 0 Å². The number of nitrogens with zero attached hydrogens (tertiary/aromatic N) is 2. The molecule has 6 heteroatoms. The molecular formula is C22H22N4O2. The van der Waals surface area contributed by atoms with Crippen molar-refractivity contribution in [2.24, 2.45) is 0 Å². The van der Waals surface area contributed by atoms with Crippen LogP contribution >= 0.6 is 0 Å². The maximum Gasteiger partial charge on any atom is 0.272 e. The molecule has 142 valence electrons. The van der Waals surface area contributed by atoms with E-state index in [2.05, 4.69) is 34.2 Å². The van der Waals surface area contributed by atoms with Crippen LogP contribution in [0.3, 0.4) is 0 Å². The Balaban J connectivity index is 1.28. The summed E-state index contributed by atoms with van der Waals surface area (Å²) in [5, 5.41) is 8.12. The van der Waals surface area contributed by atoms with Gasteiger partial charge in [-0.05, 0) is 37.3 Å². The van der Waals surface area contributed by atoms with Gasteiger partial charge >= 0.3 is 0 Å². The van der Waals surface area contributed by atoms with E-state index in [0.29, 0.717) is 18.8 Å². The molecule has 3 heterocycles. The van der Waals surface area contributed by atoms with Crippen LogP contribution in [0.15, 0.2) is 48.7 Å². The summed E-state index contributed by atoms with van der Waals surface area (Å²) in [4.78, 5) is 19.4. The molecule has 5 rings (SSSR count). The summed E-state index contributed by atoms with van der Waals surface area (Å²) in [7, 11) is 0. The average molecular weight is 374 g/mol. The van der Waals surface area contributed by atoms with Gasteiger partial charge in [0, 0.05) is 42.9 Å². The number of carbonyl (C=O) groups excluding carboxylic acids is 1. The Bertz CT molecular complexity index is 1130. The molecule has 6 nitrogen and oxygen atoms in total. The number of rotatable bonds is 3. The summed E-state index contributed by atoms with van der Waals surface area (Å²) in [6.45, 7) is 3.44. The number of carbonyl (C=O) groups is 1. The van der Waals surface area contributed by atoms with E-state index in [9.17, 15) is 4.79 Å². The summed E-state index contributed by atoms with van der Waals surface area (Å²) >= 11 is 0. The van der Waals surface area contributed by atoms with Crippen molar-refractivity contribution in [2.75, 3.05) is 13.1 Å². The van der Waals surface area contributed by atoms with Gasteiger partial charge < -0.3 is 19.8 Å². The minimum absolute atomic E-state index is 0.00217. The second-order valence-corrected chi connectivity index (χ2v) is 7.44. The number of likely N-dealkylation sites (tertiary alicyclic amines) is 1. The number of fused-ring (bicyclic) bond motifs is 3. The Labute approximate surface area is 162 Å². The van der Waals surface area contributed by atoms with Crippen LogP contribution in [0.5, 0.6) is 5.75 Å². The maximum atomic E-state index is 13.0. The van der Waals surface area contributed by atoms with Gasteiger partial charge in [0.15, 0.2) is 0 Å². The van der Waals surface area contributed by atoms with Crippen molar-refractivity contribution in [3.05, 3.63) is 59.9 Å². The molecule has 1 amide bonds. The van der Waals surface area contributed by atoms with E-state index in [0.717, 1.165) is 40.4 Å². The van der Waals surface area contributed by atoms with Crippen molar-refractivity contribution in [3.63, 3.8) is 0 Å². The smallest absolute Gasteiger partial charge is 0.272 e. The van der Waals surface area contributed by atoms with Gasteiger partial charge in [0.05, 0.1) is 11.0 Å². The van der Waals surface area contributed by atoms with Crippen LogP contribution in [0.1, 0.15) is 28.9 Å². The fourth-order valence-electron chi connectivity index (χ4n) is 3.88. The summed E-state index contributed by atoms with van der Waals surface area (Å²) in [6, 6.07) is 13.9. The zero-order valence-corrected chi connectivity index (χ0v) is 15.7. The molecule has 0 unspecified atom stereocenters. The van der Waals surface area contributed by atoms with Gasteiger partial charge in [0.25, 0.3) is 5.91 Å². The van der Waals surface area contributed by atoms with Crippen LogP contribution in [0, 0.1) is 6.92 Å². The molecule has 2 aromatic heterocycles. The molecule has 0 bridgehead atoms. The van der Waals surface area contributed by atoms with Crippen molar-refractivity contribution in [1.29, 1.82) is 0 Å². The first-order valence-corrected chi connectivity index (χ1v) is 9.65. The first-order valence-electron chi connectivity index (χ1n) is 9.65. The van der Waals surface area contributed by atoms with Crippen LogP contribution in [0.4, 0.5) is 0 Å². The van der Waals surface area contributed by atoms with E-state index < -0.39 is 0 Å². The van der Waals surface area contributed by atoms with E-state index in [4.69, 9.17) is 4.74 Å². The minimum atomic E-state index is -0.00217. The molecule has 0 saturated carbocycles. The minimum Gasteiger partial charge on any atom is -0.490 e. The van der Waals surface area contributed by atoms with Gasteiger partial charge in [0.1, 0.15) is 17.5 Å². The van der Waals surface area contributed by atoms with Crippen LogP contribution in [-0.2, 0) is 0 Å². The number of aryl methyl sites for hydroxylation is 1. The van der Waals surface area contributed by atoms with E-state index in [1.807, 2.05) is 41.4 Å². The molecule has 0 spiro atoms. The lowest BCUT2D eigenvalue weighted by molar-refractivity contribution is 0.0591. The Morgan fingerprint density at radius 3 is 2.68 bits per heavy atom. The van der Waals surface area contributed by atoms with Crippen LogP contribution in [-0.4, -0.2) is 45.2 Å². The number of ether oxygens (including phenoxy) is 1. The lowest BCUT2D eigenvalue weighted by Gasteiger charge is -2.31. The average Bonchev–Trinajstić information content (AvgIpc) is 3.36. The van der Waals surface area contributed by atoms with Crippen LogP contribution < -0.4 is 4.74 Å². The number of H-pyrrole nitrogens is 2. The molecule has 0 aliphatic carbocycles. The molecule has 28 heavy (non-hydrogen) atoms. The third-order valence-corrected chi connectivity index (χ3v) is 5.48. The largest absolute Gasteiger partial charge is 0.490 e. The van der Waals surface area contributed by atoms with Gasteiger partial charge in [-0.25, -0.2) is 4.98 Å². The second-order valence-electron chi connectivity index (χ2n) is 7.44. The number of aromatic amines is 2. The number of aromatic nitrogens is 3. The quantitative estimate of drug-likeness (QED) is 0.568. The fourth-order valence-corrected chi connectivity index (χ4v) is 3.88. The lowest BCUT2D eigenvalue weighted by Crippen LogP contribution is -2.41. The lowest BCUT2D eigenvalue weighted by atomic mass is 10.1. The SMILES string of the molecule is Cc1ccc(OC2CCN(C(=O)c3cc4c(ccc5[nH][nH]cc54)n3)CC2)cc1. The van der Waals surface area contributed by atoms with E-state index >= 15 is 0 Å². The second kappa shape index (κ2) is 6.71. The molecule has 2 aromatic carbocycles. The van der Waals surface area contributed by atoms with Gasteiger partial charge in [0.2, 0.25) is 0 Å². The van der Waals surface area contributed by atoms with Crippen LogP contribution in [0.25, 0.3) is 21.8 Å². The van der Waals surface area contributed by atoms with Gasteiger partial charge in [-0.1, -0.05) is 17.7 Å². The first-order chi connectivity index (χ1) is 13.7. The Morgan fingerprint density at radius 2 is 1.89 bits per heavy atom. The normalized spacial score (nSPS) is 15.4. The molecule has 1 saturated heterocycles. The van der Waals surface area contributed by atoms with E-state index in [1.165, 1.54) is 5.56 Å². The summed E-state index contributed by atoms with van der Waals surface area (Å²) in [5.74, 6) is 0.893. The van der Waals surface area contributed by atoms with E-state index in [-0.39, 0.29) is 12.0 Å². The topological polar surface area (TPSA) is 74.0 Å². The predicted octanol–water partition coefficient (Wildman–Crippen LogP) is 4.04. The number of amides is 1. The number of benzene rings is 2. The van der Waals surface area contributed by atoms with Crippen molar-refractivity contribution in [2.45, 2.75) is 25.9 Å². The Kier molecular flexibility index (Phi) is 4.04. The Morgan fingerprint density at radius 1 is 1.11 bits per heavy atom. The maximum absolute atomic E-state index is 13.0. The molecule has 0 radical (unpaired) electrons. The Hall–Kier alpha value is -3.28. The molecule has 1 aliphatic rings. The number of hydrogen-bond acceptors (Lipinski definition) is 3. The number of piperidine rings is 1. The van der Waals surface area contributed by atoms with Crippen molar-refractivity contribution in [1.82, 2.24) is 20.1 Å². The zero-order valence-electron chi connectivity index (χ0n) is 15.7. The van der Waals surface area contributed by atoms with Gasteiger partial charge in [-0.15, -0.1) is 0 Å². The zero-order chi connectivity index (χ0) is 19.1. The first kappa shape index (κ1) is 16.9. The van der Waals surface area contributed by atoms with Gasteiger partial charge in [-0.2, -0.15) is 0 Å². The molecule has 1 aliphatic heterocycles. The van der Waals surface area contributed by atoms with Gasteiger partial charge in [-0.3, -0.25) is 4.79 Å². The number of hydrogen-bond donors (Lipinski definition) is 2. The monoisotopic (exact) mass is 374 g/mol. The third-order valence-electron chi connectivity index (χ3n) is 5.48. The highest BCUT2D eigenvalue weighted by Crippen LogP contribution is 2.26. The molecule has 2 N–H and O–H groups in total.